The molecule has 1 amide bonds. The van der Waals surface area contributed by atoms with E-state index in [0.29, 0.717) is 33.4 Å². The molecule has 3 aromatic carbocycles. The number of benzene rings is 3. The smallest absolute Gasteiger partial charge is 0.412 e. The van der Waals surface area contributed by atoms with Gasteiger partial charge in [-0.2, -0.15) is 0 Å². The van der Waals surface area contributed by atoms with Crippen LogP contribution in [0.2, 0.25) is 0 Å². The lowest BCUT2D eigenvalue weighted by Gasteiger charge is -2.21. The summed E-state index contributed by atoms with van der Waals surface area (Å²) in [6.45, 7) is 5.32. The van der Waals surface area contributed by atoms with Crippen molar-refractivity contribution in [1.82, 2.24) is 4.98 Å². The zero-order valence-corrected chi connectivity index (χ0v) is 18.9. The average Bonchev–Trinajstić information content (AvgIpc) is 2.77. The predicted octanol–water partition coefficient (Wildman–Crippen LogP) is 5.75. The molecule has 0 saturated heterocycles. The molecule has 9 heteroatoms. The van der Waals surface area contributed by atoms with Crippen molar-refractivity contribution in [1.29, 1.82) is 0 Å². The number of ether oxygens (including phenoxy) is 1. The molecule has 174 valence electrons. The van der Waals surface area contributed by atoms with Gasteiger partial charge in [-0.05, 0) is 45.0 Å². The summed E-state index contributed by atoms with van der Waals surface area (Å²) in [4.78, 5) is 27.4. The summed E-state index contributed by atoms with van der Waals surface area (Å²) < 4.78 is 5.28. The van der Waals surface area contributed by atoms with Crippen LogP contribution >= 0.6 is 0 Å². The minimum atomic E-state index is -1.13. The minimum absolute atomic E-state index is 0.0669. The molecular formula is C25H24N4O5. The maximum Gasteiger partial charge on any atom is 0.412 e. The van der Waals surface area contributed by atoms with Crippen LogP contribution in [0.4, 0.5) is 21.9 Å². The van der Waals surface area contributed by atoms with Crippen molar-refractivity contribution < 1.29 is 19.6 Å². The molecule has 1 aromatic heterocycles. The van der Waals surface area contributed by atoms with E-state index < -0.39 is 22.8 Å². The topological polar surface area (TPSA) is 127 Å². The first-order valence-corrected chi connectivity index (χ1v) is 10.6. The number of aromatic nitrogens is 1. The van der Waals surface area contributed by atoms with E-state index in [9.17, 15) is 20.0 Å². The Balaban J connectivity index is 1.68. The fourth-order valence-corrected chi connectivity index (χ4v) is 3.58. The van der Waals surface area contributed by atoms with Crippen molar-refractivity contribution in [3.05, 3.63) is 82.4 Å². The van der Waals surface area contributed by atoms with Crippen LogP contribution in [-0.4, -0.2) is 26.7 Å². The molecule has 1 atom stereocenters. The first-order chi connectivity index (χ1) is 16.1. The number of amides is 1. The molecule has 0 saturated carbocycles. The van der Waals surface area contributed by atoms with Gasteiger partial charge in [0.15, 0.2) is 6.23 Å². The second-order valence-corrected chi connectivity index (χ2v) is 8.76. The molecule has 4 rings (SSSR count). The van der Waals surface area contributed by atoms with Crippen LogP contribution in [0.3, 0.4) is 0 Å². The monoisotopic (exact) mass is 460 g/mol. The molecule has 1 unspecified atom stereocenters. The Kier molecular flexibility index (Phi) is 6.04. The fourth-order valence-electron chi connectivity index (χ4n) is 3.58. The number of fused-ring (bicyclic) bond motifs is 2. The molecule has 0 aliphatic carbocycles. The van der Waals surface area contributed by atoms with Crippen molar-refractivity contribution in [2.45, 2.75) is 32.6 Å². The second kappa shape index (κ2) is 8.95. The highest BCUT2D eigenvalue weighted by atomic mass is 16.6. The van der Waals surface area contributed by atoms with Gasteiger partial charge in [0.25, 0.3) is 5.69 Å². The van der Waals surface area contributed by atoms with Crippen molar-refractivity contribution in [2.75, 3.05) is 10.6 Å². The van der Waals surface area contributed by atoms with Gasteiger partial charge in [0.1, 0.15) is 5.60 Å². The van der Waals surface area contributed by atoms with Crippen LogP contribution in [-0.2, 0) is 4.74 Å². The Bertz CT molecular complexity index is 1400. The Labute approximate surface area is 195 Å². The summed E-state index contributed by atoms with van der Waals surface area (Å²) in [5, 5.41) is 29.4. The molecule has 1 heterocycles. The van der Waals surface area contributed by atoms with E-state index in [2.05, 4.69) is 15.6 Å². The summed E-state index contributed by atoms with van der Waals surface area (Å²) in [5.41, 5.74) is 1.92. The summed E-state index contributed by atoms with van der Waals surface area (Å²) in [5.74, 6) is 0. The lowest BCUT2D eigenvalue weighted by Crippen LogP contribution is -2.27. The summed E-state index contributed by atoms with van der Waals surface area (Å²) >= 11 is 0. The number of para-hydroxylation sites is 1. The predicted molar refractivity (Wildman–Crippen MR) is 131 cm³/mol. The van der Waals surface area contributed by atoms with Gasteiger partial charge < -0.3 is 15.2 Å². The van der Waals surface area contributed by atoms with Crippen molar-refractivity contribution in [3.8, 4) is 0 Å². The quantitative estimate of drug-likeness (QED) is 0.150. The lowest BCUT2D eigenvalue weighted by molar-refractivity contribution is -0.384. The molecule has 34 heavy (non-hydrogen) atoms. The number of hydrogen-bond acceptors (Lipinski definition) is 7. The van der Waals surface area contributed by atoms with Gasteiger partial charge in [0.2, 0.25) is 0 Å². The number of carbonyl (C=O) groups is 1. The highest BCUT2D eigenvalue weighted by molar-refractivity contribution is 6.07. The van der Waals surface area contributed by atoms with Crippen LogP contribution in [0.15, 0.2) is 66.7 Å². The number of non-ortho nitro benzene ring substituents is 1. The number of nitrogens with one attached hydrogen (secondary N) is 2. The van der Waals surface area contributed by atoms with E-state index in [1.54, 1.807) is 57.2 Å². The first kappa shape index (κ1) is 22.9. The van der Waals surface area contributed by atoms with Crippen molar-refractivity contribution in [2.24, 2.45) is 0 Å². The number of carbonyl (C=O) groups excluding carboxylic acids is 1. The van der Waals surface area contributed by atoms with E-state index in [1.165, 1.54) is 12.1 Å². The third-order valence-electron chi connectivity index (χ3n) is 5.00. The summed E-state index contributed by atoms with van der Waals surface area (Å²) in [7, 11) is 0. The maximum absolute atomic E-state index is 12.1. The molecule has 4 aromatic rings. The number of nitrogens with zero attached hydrogens (tertiary/aromatic N) is 2. The first-order valence-electron chi connectivity index (χ1n) is 10.6. The van der Waals surface area contributed by atoms with E-state index >= 15 is 0 Å². The third-order valence-corrected chi connectivity index (χ3v) is 5.00. The van der Waals surface area contributed by atoms with Gasteiger partial charge in [0.05, 0.1) is 21.6 Å². The number of aliphatic hydroxyl groups excluding tert-OH is 1. The summed E-state index contributed by atoms with van der Waals surface area (Å²) in [6, 6.07) is 18.5. The minimum Gasteiger partial charge on any atom is -0.444 e. The van der Waals surface area contributed by atoms with Crippen LogP contribution in [0.25, 0.3) is 21.8 Å². The Morgan fingerprint density at radius 2 is 1.76 bits per heavy atom. The van der Waals surface area contributed by atoms with Gasteiger partial charge in [0, 0.05) is 34.2 Å². The highest BCUT2D eigenvalue weighted by Crippen LogP contribution is 2.34. The molecule has 0 bridgehead atoms. The van der Waals surface area contributed by atoms with Gasteiger partial charge in [-0.3, -0.25) is 15.4 Å². The zero-order valence-electron chi connectivity index (χ0n) is 18.9. The zero-order chi connectivity index (χ0) is 24.5. The van der Waals surface area contributed by atoms with E-state index in [4.69, 9.17) is 4.74 Å². The fraction of sp³-hybridized carbons (Fsp3) is 0.200. The van der Waals surface area contributed by atoms with Gasteiger partial charge in [-0.25, -0.2) is 9.78 Å². The molecule has 0 aliphatic rings. The Morgan fingerprint density at radius 1 is 1.03 bits per heavy atom. The molecule has 0 radical (unpaired) electrons. The number of anilines is 2. The molecule has 9 nitrogen and oxygen atoms in total. The molecule has 0 spiro atoms. The normalized spacial score (nSPS) is 12.4. The second-order valence-electron chi connectivity index (χ2n) is 8.76. The standard InChI is InChI=1S/C25H24N4O5/c1-25(2,3)34-24(31)26-16-8-6-7-15(13-16)23(30)28-22-18-9-4-5-10-20(18)27-21-14-17(29(32)33)11-12-19(21)22/h4-14,23,30H,1-3H3,(H,26,31)(H,27,28). The Hall–Kier alpha value is -4.24. The van der Waals surface area contributed by atoms with Crippen molar-refractivity contribution >= 4 is 45.0 Å². The number of nitro groups is 1. The average molecular weight is 460 g/mol. The summed E-state index contributed by atoms with van der Waals surface area (Å²) in [6.07, 6.45) is -1.73. The molecule has 0 fully saturated rings. The number of rotatable bonds is 5. The number of nitro benzene ring substituents is 1. The number of hydrogen-bond donors (Lipinski definition) is 3. The molecule has 3 N–H and O–H groups in total. The molecular weight excluding hydrogens is 436 g/mol. The van der Waals surface area contributed by atoms with Gasteiger partial charge in [-0.15, -0.1) is 0 Å². The van der Waals surface area contributed by atoms with Gasteiger partial charge >= 0.3 is 6.09 Å². The number of pyridine rings is 1. The van der Waals surface area contributed by atoms with Crippen LogP contribution < -0.4 is 10.6 Å². The van der Waals surface area contributed by atoms with E-state index in [1.807, 2.05) is 18.2 Å². The number of aliphatic hydroxyl groups is 1. The van der Waals surface area contributed by atoms with Crippen LogP contribution in [0.1, 0.15) is 32.6 Å². The van der Waals surface area contributed by atoms with Crippen LogP contribution in [0.5, 0.6) is 0 Å². The third kappa shape index (κ3) is 5.05. The van der Waals surface area contributed by atoms with Gasteiger partial charge in [-0.1, -0.05) is 30.3 Å². The van der Waals surface area contributed by atoms with Crippen LogP contribution in [0, 0.1) is 10.1 Å². The highest BCUT2D eigenvalue weighted by Gasteiger charge is 2.18. The van der Waals surface area contributed by atoms with E-state index in [-0.39, 0.29) is 5.69 Å². The molecule has 0 aliphatic heterocycles. The van der Waals surface area contributed by atoms with Crippen molar-refractivity contribution in [3.63, 3.8) is 0 Å². The maximum atomic E-state index is 12.1. The lowest BCUT2D eigenvalue weighted by atomic mass is 10.1. The van der Waals surface area contributed by atoms with E-state index in [0.717, 1.165) is 5.39 Å². The Morgan fingerprint density at radius 3 is 2.50 bits per heavy atom. The SMILES string of the molecule is CC(C)(C)OC(=O)Nc1cccc(C(O)Nc2c3ccccc3nc3cc([N+](=O)[O-])ccc23)c1. The largest absolute Gasteiger partial charge is 0.444 e.